The standard InChI is InChI=1S/C16H20FN3/c1-4-5-6-11-19-20-13-18-12-16(2,3)14-7-9-15(17)10-8-14/h4-11,13H,1,12H2,2-3H3,(H,18,20). The highest BCUT2D eigenvalue weighted by Crippen LogP contribution is 2.23. The highest BCUT2D eigenvalue weighted by molar-refractivity contribution is 5.72. The van der Waals surface area contributed by atoms with Crippen molar-refractivity contribution in [2.45, 2.75) is 19.3 Å². The Bertz CT molecular complexity index is 499. The molecule has 0 unspecified atom stereocenters. The minimum atomic E-state index is -0.225. The molecule has 4 heteroatoms. The summed E-state index contributed by atoms with van der Waals surface area (Å²) in [5.74, 6) is -0.225. The number of nitrogens with zero attached hydrogens (tertiary/aromatic N) is 2. The average molecular weight is 273 g/mol. The van der Waals surface area contributed by atoms with Gasteiger partial charge in [0.1, 0.15) is 12.2 Å². The van der Waals surface area contributed by atoms with Crippen molar-refractivity contribution >= 4 is 12.6 Å². The molecule has 0 saturated heterocycles. The number of hydrogen-bond donors (Lipinski definition) is 1. The lowest BCUT2D eigenvalue weighted by Gasteiger charge is -2.22. The van der Waals surface area contributed by atoms with E-state index in [1.165, 1.54) is 12.1 Å². The molecule has 3 nitrogen and oxygen atoms in total. The predicted octanol–water partition coefficient (Wildman–Crippen LogP) is 3.45. The van der Waals surface area contributed by atoms with Gasteiger partial charge in [-0.05, 0) is 23.8 Å². The predicted molar refractivity (Wildman–Crippen MR) is 83.7 cm³/mol. The van der Waals surface area contributed by atoms with E-state index in [2.05, 4.69) is 35.9 Å². The van der Waals surface area contributed by atoms with E-state index in [1.807, 2.05) is 0 Å². The minimum absolute atomic E-state index is 0.154. The fourth-order valence-corrected chi connectivity index (χ4v) is 1.55. The van der Waals surface area contributed by atoms with Crippen molar-refractivity contribution in [1.29, 1.82) is 0 Å². The maximum Gasteiger partial charge on any atom is 0.123 e. The van der Waals surface area contributed by atoms with Crippen molar-refractivity contribution in [3.05, 3.63) is 60.5 Å². The zero-order valence-electron chi connectivity index (χ0n) is 11.9. The van der Waals surface area contributed by atoms with Crippen LogP contribution in [-0.2, 0) is 5.41 Å². The van der Waals surface area contributed by atoms with E-state index in [-0.39, 0.29) is 11.2 Å². The van der Waals surface area contributed by atoms with E-state index >= 15 is 0 Å². The van der Waals surface area contributed by atoms with Crippen LogP contribution in [0.3, 0.4) is 0 Å². The molecule has 20 heavy (non-hydrogen) atoms. The maximum atomic E-state index is 12.9. The quantitative estimate of drug-likeness (QED) is 0.351. The molecule has 1 rings (SSSR count). The first-order chi connectivity index (χ1) is 9.56. The lowest BCUT2D eigenvalue weighted by atomic mass is 9.85. The summed E-state index contributed by atoms with van der Waals surface area (Å²) in [6.45, 7) is 8.26. The molecule has 0 atom stereocenters. The topological polar surface area (TPSA) is 36.8 Å². The molecule has 1 N–H and O–H groups in total. The van der Waals surface area contributed by atoms with E-state index in [1.54, 1.807) is 42.9 Å². The molecular weight excluding hydrogens is 253 g/mol. The zero-order valence-corrected chi connectivity index (χ0v) is 11.9. The zero-order chi connectivity index (χ0) is 14.8. The van der Waals surface area contributed by atoms with Crippen molar-refractivity contribution < 1.29 is 4.39 Å². The Balaban J connectivity index is 2.46. The molecule has 0 saturated carbocycles. The minimum Gasteiger partial charge on any atom is -0.273 e. The molecule has 0 radical (unpaired) electrons. The van der Waals surface area contributed by atoms with E-state index < -0.39 is 0 Å². The lowest BCUT2D eigenvalue weighted by molar-refractivity contribution is 0.537. The van der Waals surface area contributed by atoms with Crippen molar-refractivity contribution in [3.8, 4) is 0 Å². The fourth-order valence-electron chi connectivity index (χ4n) is 1.55. The summed E-state index contributed by atoms with van der Waals surface area (Å²) in [6.07, 6.45) is 8.37. The van der Waals surface area contributed by atoms with Crippen LogP contribution in [0.5, 0.6) is 0 Å². The summed E-state index contributed by atoms with van der Waals surface area (Å²) in [6, 6.07) is 6.51. The van der Waals surface area contributed by atoms with Gasteiger partial charge in [0, 0.05) is 18.2 Å². The number of allylic oxidation sites excluding steroid dienone is 3. The van der Waals surface area contributed by atoms with Crippen LogP contribution in [0.4, 0.5) is 4.39 Å². The number of aliphatic imine (C=N–C) groups is 1. The lowest BCUT2D eigenvalue weighted by Crippen LogP contribution is -2.21. The van der Waals surface area contributed by atoms with Gasteiger partial charge in [-0.2, -0.15) is 5.10 Å². The second kappa shape index (κ2) is 8.04. The van der Waals surface area contributed by atoms with Crippen molar-refractivity contribution in [3.63, 3.8) is 0 Å². The van der Waals surface area contributed by atoms with Crippen molar-refractivity contribution in [2.24, 2.45) is 10.1 Å². The molecule has 106 valence electrons. The summed E-state index contributed by atoms with van der Waals surface area (Å²) < 4.78 is 12.9. The van der Waals surface area contributed by atoms with E-state index in [0.29, 0.717) is 6.54 Å². The summed E-state index contributed by atoms with van der Waals surface area (Å²) in [5, 5.41) is 3.90. The molecule has 1 aromatic carbocycles. The first-order valence-corrected chi connectivity index (χ1v) is 6.37. The maximum absolute atomic E-state index is 12.9. The summed E-state index contributed by atoms with van der Waals surface area (Å²) in [5.41, 5.74) is 3.60. The second-order valence-electron chi connectivity index (χ2n) is 4.89. The molecule has 0 aliphatic carbocycles. The number of hydrogen-bond acceptors (Lipinski definition) is 2. The second-order valence-corrected chi connectivity index (χ2v) is 4.89. The largest absolute Gasteiger partial charge is 0.273 e. The summed E-state index contributed by atoms with van der Waals surface area (Å²) in [4.78, 5) is 4.27. The van der Waals surface area contributed by atoms with Gasteiger partial charge in [0.05, 0.1) is 0 Å². The smallest absolute Gasteiger partial charge is 0.123 e. The third-order valence-corrected chi connectivity index (χ3v) is 2.74. The van der Waals surface area contributed by atoms with Crippen LogP contribution in [0, 0.1) is 5.82 Å². The monoisotopic (exact) mass is 273 g/mol. The van der Waals surface area contributed by atoms with Crippen LogP contribution in [0.2, 0.25) is 0 Å². The van der Waals surface area contributed by atoms with E-state index in [0.717, 1.165) is 5.56 Å². The van der Waals surface area contributed by atoms with Crippen LogP contribution in [0.25, 0.3) is 0 Å². The summed E-state index contributed by atoms with van der Waals surface area (Å²) in [7, 11) is 0. The van der Waals surface area contributed by atoms with Gasteiger partial charge in [-0.15, -0.1) is 0 Å². The van der Waals surface area contributed by atoms with Gasteiger partial charge in [0.15, 0.2) is 0 Å². The Hall–Kier alpha value is -2.23. The van der Waals surface area contributed by atoms with Gasteiger partial charge in [-0.3, -0.25) is 10.4 Å². The van der Waals surface area contributed by atoms with Crippen LogP contribution in [0.15, 0.2) is 59.2 Å². The molecule has 0 heterocycles. The van der Waals surface area contributed by atoms with Gasteiger partial charge >= 0.3 is 0 Å². The van der Waals surface area contributed by atoms with Gasteiger partial charge in [-0.1, -0.05) is 44.7 Å². The third-order valence-electron chi connectivity index (χ3n) is 2.74. The van der Waals surface area contributed by atoms with Gasteiger partial charge in [0.2, 0.25) is 0 Å². The number of hydrazone groups is 1. The molecule has 0 aliphatic heterocycles. The molecule has 0 spiro atoms. The van der Waals surface area contributed by atoms with Crippen LogP contribution in [-0.4, -0.2) is 19.1 Å². The van der Waals surface area contributed by atoms with Crippen molar-refractivity contribution in [1.82, 2.24) is 5.43 Å². The first-order valence-electron chi connectivity index (χ1n) is 6.37. The Kier molecular flexibility index (Phi) is 6.37. The highest BCUT2D eigenvalue weighted by atomic mass is 19.1. The number of benzene rings is 1. The van der Waals surface area contributed by atoms with E-state index in [9.17, 15) is 4.39 Å². The number of halogens is 1. The molecular formula is C16H20FN3. The molecule has 0 amide bonds. The molecule has 0 aromatic heterocycles. The number of rotatable bonds is 7. The third kappa shape index (κ3) is 5.61. The number of nitrogens with one attached hydrogen (secondary N) is 1. The summed E-state index contributed by atoms with van der Waals surface area (Å²) >= 11 is 0. The Morgan fingerprint density at radius 3 is 2.60 bits per heavy atom. The fraction of sp³-hybridized carbons (Fsp3) is 0.250. The van der Waals surface area contributed by atoms with Crippen LogP contribution >= 0.6 is 0 Å². The average Bonchev–Trinajstić information content (AvgIpc) is 2.42. The Morgan fingerprint density at radius 2 is 1.95 bits per heavy atom. The van der Waals surface area contributed by atoms with Gasteiger partial charge in [-0.25, -0.2) is 4.39 Å². The Morgan fingerprint density at radius 1 is 1.25 bits per heavy atom. The van der Waals surface area contributed by atoms with Gasteiger partial charge in [0.25, 0.3) is 0 Å². The normalized spacial score (nSPS) is 12.6. The van der Waals surface area contributed by atoms with Crippen LogP contribution < -0.4 is 5.43 Å². The Labute approximate surface area is 119 Å². The molecule has 0 fully saturated rings. The van der Waals surface area contributed by atoms with Crippen LogP contribution in [0.1, 0.15) is 19.4 Å². The van der Waals surface area contributed by atoms with E-state index in [4.69, 9.17) is 0 Å². The molecule has 0 aliphatic rings. The highest BCUT2D eigenvalue weighted by Gasteiger charge is 2.19. The van der Waals surface area contributed by atoms with Crippen molar-refractivity contribution in [2.75, 3.05) is 6.54 Å². The molecule has 1 aromatic rings. The SMILES string of the molecule is C=CC=CC=NNC=NCC(C)(C)c1ccc(F)cc1. The molecule has 0 bridgehead atoms. The van der Waals surface area contributed by atoms with Gasteiger partial charge < -0.3 is 0 Å². The first kappa shape index (κ1) is 15.8.